The Kier molecular flexibility index (Phi) is 4.24. The van der Waals surface area contributed by atoms with Crippen LogP contribution < -0.4 is 9.64 Å². The number of carbonyl (C=O) groups excluding carboxylic acids is 1. The van der Waals surface area contributed by atoms with Gasteiger partial charge in [0.2, 0.25) is 5.91 Å². The maximum atomic E-state index is 12.8. The second-order valence-corrected chi connectivity index (χ2v) is 4.02. The number of carbonyl (C=O) groups is 1. The first kappa shape index (κ1) is 14.4. The number of hydrogen-bond donors (Lipinski definition) is 0. The second kappa shape index (κ2) is 5.30. The number of nitrogens with zero attached hydrogens (tertiary/aromatic N) is 1. The molecule has 0 radical (unpaired) electrons. The average molecular weight is 259 g/mol. The zero-order valence-electron chi connectivity index (χ0n) is 10.1. The summed E-state index contributed by atoms with van der Waals surface area (Å²) in [7, 11) is 1.52. The molecule has 1 fully saturated rings. The normalized spacial score (nSPS) is 22.5. The minimum absolute atomic E-state index is 0. The fourth-order valence-corrected chi connectivity index (χ4v) is 2.03. The van der Waals surface area contributed by atoms with Gasteiger partial charge in [0.1, 0.15) is 11.8 Å². The highest BCUT2D eigenvalue weighted by Gasteiger charge is 2.50. The van der Waals surface area contributed by atoms with Crippen LogP contribution in [0.1, 0.15) is 6.92 Å². The van der Waals surface area contributed by atoms with Crippen LogP contribution in [-0.4, -0.2) is 31.0 Å². The van der Waals surface area contributed by atoms with Crippen LogP contribution >= 0.6 is 0 Å². The lowest BCUT2D eigenvalue weighted by Crippen LogP contribution is -2.63. The number of alkyl halides is 2. The van der Waals surface area contributed by atoms with Gasteiger partial charge in [-0.2, -0.15) is 0 Å². The molecule has 2 N–H and O–H groups in total. The third-order valence-electron chi connectivity index (χ3n) is 3.05. The Morgan fingerprint density at radius 1 is 1.28 bits per heavy atom. The number of anilines is 1. The van der Waals surface area contributed by atoms with E-state index in [4.69, 9.17) is 4.74 Å². The Labute approximate surface area is 103 Å². The molecule has 1 aromatic carbocycles. The van der Waals surface area contributed by atoms with E-state index in [2.05, 4.69) is 0 Å². The quantitative estimate of drug-likeness (QED) is 0.772. The predicted molar refractivity (Wildman–Crippen MR) is 63.0 cm³/mol. The van der Waals surface area contributed by atoms with Crippen molar-refractivity contribution in [2.24, 2.45) is 5.92 Å². The van der Waals surface area contributed by atoms with Crippen molar-refractivity contribution >= 4 is 11.6 Å². The standard InChI is InChI=1S/C12H13F2NO2.H2O/c1-7-10(11(13)14)15(12(7)16)8-3-5-9(17-2)6-4-8;/h3-7,10-11H,1-2H3;1H2/t7-,10+;/m0./s1. The van der Waals surface area contributed by atoms with E-state index in [1.807, 2.05) is 0 Å². The van der Waals surface area contributed by atoms with Gasteiger partial charge in [-0.05, 0) is 24.3 Å². The molecule has 0 saturated carbocycles. The monoisotopic (exact) mass is 259 g/mol. The minimum Gasteiger partial charge on any atom is -0.497 e. The first-order valence-corrected chi connectivity index (χ1v) is 5.31. The Morgan fingerprint density at radius 2 is 1.83 bits per heavy atom. The lowest BCUT2D eigenvalue weighted by atomic mass is 9.88. The fraction of sp³-hybridized carbons (Fsp3) is 0.417. The molecule has 0 spiro atoms. The van der Waals surface area contributed by atoms with Crippen molar-refractivity contribution < 1.29 is 23.8 Å². The highest BCUT2D eigenvalue weighted by Crippen LogP contribution is 2.36. The average Bonchev–Trinajstić information content (AvgIpc) is 2.34. The molecule has 2 rings (SSSR count). The van der Waals surface area contributed by atoms with E-state index in [-0.39, 0.29) is 11.4 Å². The number of halogens is 2. The molecule has 1 aliphatic heterocycles. The predicted octanol–water partition coefficient (Wildman–Crippen LogP) is 1.49. The molecule has 18 heavy (non-hydrogen) atoms. The van der Waals surface area contributed by atoms with Gasteiger partial charge >= 0.3 is 0 Å². The zero-order valence-corrected chi connectivity index (χ0v) is 10.1. The molecule has 0 aromatic heterocycles. The number of benzene rings is 1. The molecule has 2 atom stereocenters. The van der Waals surface area contributed by atoms with E-state index >= 15 is 0 Å². The van der Waals surface area contributed by atoms with Crippen molar-refractivity contribution in [3.63, 3.8) is 0 Å². The highest BCUT2D eigenvalue weighted by atomic mass is 19.3. The number of methoxy groups -OCH3 is 1. The summed E-state index contributed by atoms with van der Waals surface area (Å²) in [6.07, 6.45) is -2.52. The molecule has 0 unspecified atom stereocenters. The summed E-state index contributed by atoms with van der Waals surface area (Å²) in [6, 6.07) is 5.49. The molecular weight excluding hydrogens is 244 g/mol. The van der Waals surface area contributed by atoms with Crippen LogP contribution in [-0.2, 0) is 4.79 Å². The zero-order chi connectivity index (χ0) is 12.6. The van der Waals surface area contributed by atoms with Crippen LogP contribution in [0.4, 0.5) is 14.5 Å². The van der Waals surface area contributed by atoms with Gasteiger partial charge in [-0.3, -0.25) is 4.79 Å². The van der Waals surface area contributed by atoms with Gasteiger partial charge in [-0.1, -0.05) is 6.92 Å². The molecule has 1 amide bonds. The Hall–Kier alpha value is -1.69. The number of hydrogen-bond acceptors (Lipinski definition) is 2. The minimum atomic E-state index is -2.52. The van der Waals surface area contributed by atoms with Crippen molar-refractivity contribution in [2.75, 3.05) is 12.0 Å². The van der Waals surface area contributed by atoms with E-state index in [0.717, 1.165) is 4.90 Å². The topological polar surface area (TPSA) is 61.0 Å². The Morgan fingerprint density at radius 3 is 2.28 bits per heavy atom. The van der Waals surface area contributed by atoms with Crippen molar-refractivity contribution in [1.82, 2.24) is 0 Å². The van der Waals surface area contributed by atoms with E-state index < -0.39 is 18.4 Å². The first-order chi connectivity index (χ1) is 8.06. The van der Waals surface area contributed by atoms with E-state index in [0.29, 0.717) is 11.4 Å². The van der Waals surface area contributed by atoms with E-state index in [9.17, 15) is 13.6 Å². The Bertz CT molecular complexity index is 422. The van der Waals surface area contributed by atoms with Crippen LogP contribution in [0.5, 0.6) is 5.75 Å². The van der Waals surface area contributed by atoms with Gasteiger partial charge in [0.15, 0.2) is 0 Å². The summed E-state index contributed by atoms with van der Waals surface area (Å²) in [6.45, 7) is 1.53. The molecule has 4 nitrogen and oxygen atoms in total. The summed E-state index contributed by atoms with van der Waals surface area (Å²) >= 11 is 0. The number of rotatable bonds is 3. The largest absolute Gasteiger partial charge is 0.497 e. The van der Waals surface area contributed by atoms with Crippen molar-refractivity contribution in [3.05, 3.63) is 24.3 Å². The van der Waals surface area contributed by atoms with Gasteiger partial charge in [0.05, 0.1) is 13.0 Å². The highest BCUT2D eigenvalue weighted by molar-refractivity contribution is 6.02. The van der Waals surface area contributed by atoms with Crippen LogP contribution in [0.15, 0.2) is 24.3 Å². The van der Waals surface area contributed by atoms with Gasteiger partial charge < -0.3 is 15.1 Å². The van der Waals surface area contributed by atoms with Gasteiger partial charge in [-0.15, -0.1) is 0 Å². The van der Waals surface area contributed by atoms with Crippen LogP contribution in [0.25, 0.3) is 0 Å². The smallest absolute Gasteiger partial charge is 0.259 e. The molecule has 1 aromatic rings. The molecular formula is C12H15F2NO3. The SMILES string of the molecule is COc1ccc(N2C(=O)[C@@H](C)[C@@H]2C(F)F)cc1.O. The summed E-state index contributed by atoms with van der Waals surface area (Å²) in [4.78, 5) is 12.7. The second-order valence-electron chi connectivity index (χ2n) is 4.02. The molecule has 6 heteroatoms. The lowest BCUT2D eigenvalue weighted by Gasteiger charge is -2.45. The molecule has 1 aliphatic rings. The van der Waals surface area contributed by atoms with Gasteiger partial charge in [0, 0.05) is 5.69 Å². The summed E-state index contributed by atoms with van der Waals surface area (Å²) < 4.78 is 30.5. The summed E-state index contributed by atoms with van der Waals surface area (Å²) in [5, 5.41) is 0. The van der Waals surface area contributed by atoms with Gasteiger partial charge in [0.25, 0.3) is 6.43 Å². The molecule has 1 heterocycles. The summed E-state index contributed by atoms with van der Waals surface area (Å²) in [5.41, 5.74) is 0.485. The number of ether oxygens (including phenoxy) is 1. The van der Waals surface area contributed by atoms with Crippen LogP contribution in [0.2, 0.25) is 0 Å². The third kappa shape index (κ3) is 2.15. The van der Waals surface area contributed by atoms with Crippen molar-refractivity contribution in [1.29, 1.82) is 0 Å². The molecule has 0 bridgehead atoms. The van der Waals surface area contributed by atoms with Crippen LogP contribution in [0, 0.1) is 5.92 Å². The Balaban J connectivity index is 0.00000162. The first-order valence-electron chi connectivity index (χ1n) is 5.31. The lowest BCUT2D eigenvalue weighted by molar-refractivity contribution is -0.133. The number of amides is 1. The summed E-state index contributed by atoms with van der Waals surface area (Å²) in [5.74, 6) is -0.249. The third-order valence-corrected chi connectivity index (χ3v) is 3.05. The molecule has 100 valence electrons. The van der Waals surface area contributed by atoms with Crippen molar-refractivity contribution in [2.45, 2.75) is 19.4 Å². The maximum Gasteiger partial charge on any atom is 0.259 e. The maximum absolute atomic E-state index is 12.8. The van der Waals surface area contributed by atoms with E-state index in [1.54, 1.807) is 24.3 Å². The van der Waals surface area contributed by atoms with Crippen molar-refractivity contribution in [3.8, 4) is 5.75 Å². The van der Waals surface area contributed by atoms with Crippen LogP contribution in [0.3, 0.4) is 0 Å². The molecule has 1 saturated heterocycles. The fourth-order valence-electron chi connectivity index (χ4n) is 2.03. The van der Waals surface area contributed by atoms with E-state index in [1.165, 1.54) is 14.0 Å². The van der Waals surface area contributed by atoms with Gasteiger partial charge in [-0.25, -0.2) is 8.78 Å². The molecule has 0 aliphatic carbocycles. The number of β-lactam (4-membered cyclic amide) rings is 1.